The molecule has 0 saturated carbocycles. The Balaban J connectivity index is 1.50. The van der Waals surface area contributed by atoms with E-state index in [1.165, 1.54) is 12.1 Å². The topological polar surface area (TPSA) is 52.7 Å². The second kappa shape index (κ2) is 9.76. The maximum atomic E-state index is 13.0. The first-order valence-electron chi connectivity index (χ1n) is 10.00. The van der Waals surface area contributed by atoms with Gasteiger partial charge in [-0.15, -0.1) is 0 Å². The fraction of sp³-hybridized carbons (Fsp3) is 0.391. The second-order valence-corrected chi connectivity index (χ2v) is 7.80. The lowest BCUT2D eigenvalue weighted by molar-refractivity contribution is -0.119. The van der Waals surface area contributed by atoms with Crippen molar-refractivity contribution in [2.24, 2.45) is 5.92 Å². The van der Waals surface area contributed by atoms with Gasteiger partial charge in [-0.3, -0.25) is 14.5 Å². The van der Waals surface area contributed by atoms with Gasteiger partial charge in [0.15, 0.2) is 5.78 Å². The first-order chi connectivity index (χ1) is 13.9. The number of nitrogens with one attached hydrogen (secondary N) is 1. The summed E-state index contributed by atoms with van der Waals surface area (Å²) in [4.78, 5) is 29.4. The van der Waals surface area contributed by atoms with Crippen LogP contribution in [0.4, 0.5) is 10.1 Å². The van der Waals surface area contributed by atoms with Gasteiger partial charge < -0.3 is 10.2 Å². The van der Waals surface area contributed by atoms with Crippen LogP contribution in [-0.4, -0.2) is 61.3 Å². The van der Waals surface area contributed by atoms with Crippen molar-refractivity contribution in [2.75, 3.05) is 45.1 Å². The Labute approximate surface area is 171 Å². The van der Waals surface area contributed by atoms with Gasteiger partial charge in [-0.05, 0) is 55.4 Å². The van der Waals surface area contributed by atoms with Crippen LogP contribution in [0, 0.1) is 11.7 Å². The summed E-state index contributed by atoms with van der Waals surface area (Å²) in [6.45, 7) is 6.04. The SMILES string of the molecule is CC(Cc1ccc(F)cc1)C(=O)Nc1ccc(C(=O)CN2CCN(C)CC2)cc1. The van der Waals surface area contributed by atoms with Crippen LogP contribution in [0.3, 0.4) is 0 Å². The molecule has 1 saturated heterocycles. The average Bonchev–Trinajstić information content (AvgIpc) is 2.72. The molecular formula is C23H28FN3O2. The number of halogens is 1. The largest absolute Gasteiger partial charge is 0.326 e. The van der Waals surface area contributed by atoms with E-state index in [2.05, 4.69) is 22.2 Å². The van der Waals surface area contributed by atoms with Gasteiger partial charge in [0.25, 0.3) is 0 Å². The number of carbonyl (C=O) groups is 2. The van der Waals surface area contributed by atoms with Crippen LogP contribution in [-0.2, 0) is 11.2 Å². The molecule has 0 bridgehead atoms. The zero-order valence-corrected chi connectivity index (χ0v) is 17.0. The molecule has 154 valence electrons. The number of amides is 1. The molecule has 1 aliphatic heterocycles. The summed E-state index contributed by atoms with van der Waals surface area (Å²) in [5.41, 5.74) is 2.23. The normalized spacial score (nSPS) is 16.4. The molecule has 1 fully saturated rings. The number of benzene rings is 2. The monoisotopic (exact) mass is 397 g/mol. The number of hydrogen-bond acceptors (Lipinski definition) is 4. The van der Waals surface area contributed by atoms with Crippen LogP contribution < -0.4 is 5.32 Å². The van der Waals surface area contributed by atoms with E-state index in [0.29, 0.717) is 24.2 Å². The molecule has 3 rings (SSSR count). The number of nitrogens with zero attached hydrogens (tertiary/aromatic N) is 2. The summed E-state index contributed by atoms with van der Waals surface area (Å²) in [5.74, 6) is -0.546. The first-order valence-corrected chi connectivity index (χ1v) is 10.00. The highest BCUT2D eigenvalue weighted by atomic mass is 19.1. The number of carbonyl (C=O) groups excluding carboxylic acids is 2. The average molecular weight is 397 g/mol. The van der Waals surface area contributed by atoms with Crippen molar-refractivity contribution in [1.82, 2.24) is 9.80 Å². The Morgan fingerprint density at radius 3 is 2.24 bits per heavy atom. The van der Waals surface area contributed by atoms with Gasteiger partial charge in [-0.1, -0.05) is 19.1 Å². The van der Waals surface area contributed by atoms with E-state index < -0.39 is 0 Å². The quantitative estimate of drug-likeness (QED) is 0.730. The van der Waals surface area contributed by atoms with E-state index in [1.807, 2.05) is 6.92 Å². The summed E-state index contributed by atoms with van der Waals surface area (Å²) in [7, 11) is 2.09. The summed E-state index contributed by atoms with van der Waals surface area (Å²) in [6, 6.07) is 13.2. The van der Waals surface area contributed by atoms with Crippen molar-refractivity contribution in [3.05, 3.63) is 65.5 Å². The van der Waals surface area contributed by atoms with Gasteiger partial charge in [0.05, 0.1) is 6.54 Å². The van der Waals surface area contributed by atoms with Gasteiger partial charge >= 0.3 is 0 Å². The van der Waals surface area contributed by atoms with Crippen molar-refractivity contribution < 1.29 is 14.0 Å². The molecule has 2 aromatic carbocycles. The Kier molecular flexibility index (Phi) is 7.12. The molecule has 5 nitrogen and oxygen atoms in total. The van der Waals surface area contributed by atoms with Gasteiger partial charge in [-0.25, -0.2) is 4.39 Å². The molecule has 1 N–H and O–H groups in total. The highest BCUT2D eigenvalue weighted by Gasteiger charge is 2.18. The Morgan fingerprint density at radius 1 is 1.00 bits per heavy atom. The number of piperazine rings is 1. The lowest BCUT2D eigenvalue weighted by Gasteiger charge is -2.31. The van der Waals surface area contributed by atoms with Gasteiger partial charge in [0.2, 0.25) is 5.91 Å². The minimum absolute atomic E-state index is 0.0945. The standard InChI is InChI=1S/C23H28FN3O2/c1-17(15-18-3-7-20(24)8-4-18)23(29)25-21-9-5-19(6-10-21)22(28)16-27-13-11-26(2)12-14-27/h3-10,17H,11-16H2,1-2H3,(H,25,29). The van der Waals surface area contributed by atoms with Gasteiger partial charge in [0, 0.05) is 43.3 Å². The molecule has 0 radical (unpaired) electrons. The van der Waals surface area contributed by atoms with E-state index in [9.17, 15) is 14.0 Å². The zero-order valence-electron chi connectivity index (χ0n) is 17.0. The smallest absolute Gasteiger partial charge is 0.227 e. The Hall–Kier alpha value is -2.57. The van der Waals surface area contributed by atoms with Crippen LogP contribution >= 0.6 is 0 Å². The van der Waals surface area contributed by atoms with E-state index >= 15 is 0 Å². The van der Waals surface area contributed by atoms with Crippen molar-refractivity contribution in [2.45, 2.75) is 13.3 Å². The Morgan fingerprint density at radius 2 is 1.62 bits per heavy atom. The minimum Gasteiger partial charge on any atom is -0.326 e. The summed E-state index contributed by atoms with van der Waals surface area (Å²) < 4.78 is 13.0. The molecule has 6 heteroatoms. The number of Topliss-reactive ketones (excluding diaryl/α,β-unsaturated/α-hetero) is 1. The molecular weight excluding hydrogens is 369 g/mol. The van der Waals surface area contributed by atoms with Crippen molar-refractivity contribution in [3.8, 4) is 0 Å². The third-order valence-electron chi connectivity index (χ3n) is 5.34. The third-order valence-corrected chi connectivity index (χ3v) is 5.34. The molecule has 1 aliphatic rings. The van der Waals surface area contributed by atoms with Gasteiger partial charge in [0.1, 0.15) is 5.82 Å². The number of ketones is 1. The fourth-order valence-corrected chi connectivity index (χ4v) is 3.37. The van der Waals surface area contributed by atoms with E-state index in [-0.39, 0.29) is 23.4 Å². The molecule has 1 atom stereocenters. The van der Waals surface area contributed by atoms with E-state index in [1.54, 1.807) is 36.4 Å². The lowest BCUT2D eigenvalue weighted by Crippen LogP contribution is -2.46. The van der Waals surface area contributed by atoms with Crippen molar-refractivity contribution >= 4 is 17.4 Å². The number of likely N-dealkylation sites (N-methyl/N-ethyl adjacent to an activating group) is 1. The minimum atomic E-state index is -0.284. The Bertz CT molecular complexity index is 828. The van der Waals surface area contributed by atoms with Crippen LogP contribution in [0.25, 0.3) is 0 Å². The second-order valence-electron chi connectivity index (χ2n) is 7.80. The fourth-order valence-electron chi connectivity index (χ4n) is 3.37. The van der Waals surface area contributed by atoms with E-state index in [0.717, 1.165) is 31.7 Å². The highest BCUT2D eigenvalue weighted by molar-refractivity contribution is 5.98. The molecule has 1 heterocycles. The predicted molar refractivity (Wildman–Crippen MR) is 113 cm³/mol. The molecule has 0 spiro atoms. The first kappa shape index (κ1) is 21.1. The van der Waals surface area contributed by atoms with Crippen molar-refractivity contribution in [3.63, 3.8) is 0 Å². The number of anilines is 1. The molecule has 1 unspecified atom stereocenters. The summed E-state index contributed by atoms with van der Waals surface area (Å²) >= 11 is 0. The van der Waals surface area contributed by atoms with Gasteiger partial charge in [-0.2, -0.15) is 0 Å². The predicted octanol–water partition coefficient (Wildman–Crippen LogP) is 3.07. The van der Waals surface area contributed by atoms with Crippen LogP contribution in [0.5, 0.6) is 0 Å². The van der Waals surface area contributed by atoms with Crippen molar-refractivity contribution in [1.29, 1.82) is 0 Å². The molecule has 29 heavy (non-hydrogen) atoms. The molecule has 0 aliphatic carbocycles. The number of rotatable bonds is 7. The third kappa shape index (κ3) is 6.21. The highest BCUT2D eigenvalue weighted by Crippen LogP contribution is 2.15. The maximum Gasteiger partial charge on any atom is 0.227 e. The zero-order chi connectivity index (χ0) is 20.8. The summed E-state index contributed by atoms with van der Waals surface area (Å²) in [6.07, 6.45) is 0.535. The lowest BCUT2D eigenvalue weighted by atomic mass is 10.00. The number of hydrogen-bond donors (Lipinski definition) is 1. The van der Waals surface area contributed by atoms with Crippen LogP contribution in [0.1, 0.15) is 22.8 Å². The summed E-state index contributed by atoms with van der Waals surface area (Å²) in [5, 5.41) is 2.89. The van der Waals surface area contributed by atoms with E-state index in [4.69, 9.17) is 0 Å². The molecule has 1 amide bonds. The molecule has 0 aromatic heterocycles. The van der Waals surface area contributed by atoms with Crippen LogP contribution in [0.2, 0.25) is 0 Å². The van der Waals surface area contributed by atoms with Crippen LogP contribution in [0.15, 0.2) is 48.5 Å². The molecule has 2 aromatic rings. The maximum absolute atomic E-state index is 13.0.